The van der Waals surface area contributed by atoms with Crippen molar-refractivity contribution in [3.05, 3.63) is 0 Å². The normalized spacial score (nSPS) is 13.2. The first-order valence-electron chi connectivity index (χ1n) is 5.54. The summed E-state index contributed by atoms with van der Waals surface area (Å²) in [5.41, 5.74) is 0.294. The van der Waals surface area contributed by atoms with Gasteiger partial charge in [-0.3, -0.25) is 0 Å². The van der Waals surface area contributed by atoms with Crippen LogP contribution in [0.4, 0.5) is 0 Å². The second kappa shape index (κ2) is 6.46. The molecule has 0 atom stereocenters. The van der Waals surface area contributed by atoms with Gasteiger partial charge in [0.25, 0.3) is 0 Å². The lowest BCUT2D eigenvalue weighted by Gasteiger charge is -2.28. The summed E-state index contributed by atoms with van der Waals surface area (Å²) in [6, 6.07) is 0. The fourth-order valence-electron chi connectivity index (χ4n) is 1.57. The lowest BCUT2D eigenvalue weighted by atomic mass is 9.93. The number of rotatable bonds is 8. The molecule has 15 heavy (non-hydrogen) atoms. The van der Waals surface area contributed by atoms with Crippen molar-refractivity contribution >= 4 is 0 Å². The van der Waals surface area contributed by atoms with Crippen molar-refractivity contribution in [3.63, 3.8) is 0 Å². The fraction of sp³-hybridized carbons (Fsp3) is 1.00. The molecule has 1 N–H and O–H groups in total. The molecule has 0 aromatic carbocycles. The van der Waals surface area contributed by atoms with Crippen LogP contribution in [-0.4, -0.2) is 40.5 Å². The molecule has 0 aromatic rings. The Morgan fingerprint density at radius 3 is 1.93 bits per heavy atom. The van der Waals surface area contributed by atoms with Gasteiger partial charge in [0.2, 0.25) is 0 Å². The van der Waals surface area contributed by atoms with Crippen LogP contribution in [0.3, 0.4) is 0 Å². The first kappa shape index (κ1) is 14.9. The van der Waals surface area contributed by atoms with Gasteiger partial charge in [-0.25, -0.2) is 0 Å². The monoisotopic (exact) mass is 217 g/mol. The largest absolute Gasteiger partial charge is 0.384 e. The van der Waals surface area contributed by atoms with Gasteiger partial charge in [0.05, 0.1) is 19.8 Å². The van der Waals surface area contributed by atoms with E-state index in [0.29, 0.717) is 0 Å². The van der Waals surface area contributed by atoms with E-state index < -0.39 is 0 Å². The van der Waals surface area contributed by atoms with Crippen LogP contribution in [0.15, 0.2) is 0 Å². The van der Waals surface area contributed by atoms with Crippen molar-refractivity contribution < 1.29 is 9.47 Å². The molecule has 0 spiro atoms. The number of ether oxygens (including phenoxy) is 2. The van der Waals surface area contributed by atoms with E-state index >= 15 is 0 Å². The summed E-state index contributed by atoms with van der Waals surface area (Å²) in [6.07, 6.45) is 0. The number of hydrogen-bond acceptors (Lipinski definition) is 3. The molecule has 0 aliphatic heterocycles. The first-order chi connectivity index (χ1) is 6.83. The van der Waals surface area contributed by atoms with Gasteiger partial charge in [0.15, 0.2) is 0 Å². The van der Waals surface area contributed by atoms with Gasteiger partial charge < -0.3 is 14.8 Å². The van der Waals surface area contributed by atoms with E-state index in [1.165, 1.54) is 0 Å². The van der Waals surface area contributed by atoms with E-state index in [1.807, 2.05) is 7.05 Å². The maximum atomic E-state index is 5.75. The minimum absolute atomic E-state index is 0.102. The molecule has 0 unspecified atom stereocenters. The molecule has 0 saturated heterocycles. The molecule has 0 aromatic heterocycles. The Morgan fingerprint density at radius 2 is 1.47 bits per heavy atom. The summed E-state index contributed by atoms with van der Waals surface area (Å²) in [4.78, 5) is 0. The predicted octanol–water partition coefficient (Wildman–Crippen LogP) is 1.92. The molecule has 0 heterocycles. The quantitative estimate of drug-likeness (QED) is 0.674. The average Bonchev–Trinajstić information content (AvgIpc) is 2.02. The Hall–Kier alpha value is -0.120. The van der Waals surface area contributed by atoms with Crippen LogP contribution in [-0.2, 0) is 9.47 Å². The van der Waals surface area contributed by atoms with Crippen molar-refractivity contribution in [3.8, 4) is 0 Å². The molecule has 3 nitrogen and oxygen atoms in total. The predicted molar refractivity (Wildman–Crippen MR) is 64.2 cm³/mol. The maximum Gasteiger partial charge on any atom is 0.0539 e. The van der Waals surface area contributed by atoms with Gasteiger partial charge in [-0.2, -0.15) is 0 Å². The summed E-state index contributed by atoms with van der Waals surface area (Å²) >= 11 is 0. The zero-order valence-electron chi connectivity index (χ0n) is 11.1. The Kier molecular flexibility index (Phi) is 6.41. The first-order valence-corrected chi connectivity index (χ1v) is 5.54. The van der Waals surface area contributed by atoms with Crippen molar-refractivity contribution in [2.45, 2.75) is 27.7 Å². The van der Waals surface area contributed by atoms with E-state index in [2.05, 4.69) is 33.0 Å². The highest BCUT2D eigenvalue weighted by Crippen LogP contribution is 2.19. The zero-order valence-corrected chi connectivity index (χ0v) is 11.1. The maximum absolute atomic E-state index is 5.75. The van der Waals surface area contributed by atoms with Crippen molar-refractivity contribution in [2.24, 2.45) is 10.8 Å². The molecule has 0 amide bonds. The Balaban J connectivity index is 3.77. The van der Waals surface area contributed by atoms with E-state index in [0.717, 1.165) is 26.4 Å². The molecule has 0 aliphatic carbocycles. The highest BCUT2D eigenvalue weighted by atomic mass is 16.5. The molecule has 0 fully saturated rings. The Morgan fingerprint density at radius 1 is 0.933 bits per heavy atom. The second-order valence-electron chi connectivity index (χ2n) is 5.78. The fourth-order valence-corrected chi connectivity index (χ4v) is 1.57. The summed E-state index contributed by atoms with van der Waals surface area (Å²) in [7, 11) is 3.70. The van der Waals surface area contributed by atoms with Gasteiger partial charge in [-0.1, -0.05) is 27.7 Å². The van der Waals surface area contributed by atoms with E-state index in [4.69, 9.17) is 9.47 Å². The third-order valence-corrected chi connectivity index (χ3v) is 2.18. The third-order valence-electron chi connectivity index (χ3n) is 2.18. The molecule has 3 heteroatoms. The van der Waals surface area contributed by atoms with E-state index in [-0.39, 0.29) is 10.8 Å². The molecule has 0 saturated carbocycles. The van der Waals surface area contributed by atoms with Gasteiger partial charge >= 0.3 is 0 Å². The topological polar surface area (TPSA) is 30.5 Å². The molecule has 92 valence electrons. The Bertz CT molecular complexity index is 149. The Labute approximate surface area is 94.5 Å². The van der Waals surface area contributed by atoms with Crippen LogP contribution in [0.5, 0.6) is 0 Å². The number of hydrogen-bond donors (Lipinski definition) is 1. The molecular formula is C12H27NO2. The molecule has 0 rings (SSSR count). The standard InChI is InChI=1S/C12H27NO2/c1-11(2,7-13-5)9-15-10-12(3,4)8-14-6/h13H,7-10H2,1-6H3. The number of nitrogens with one attached hydrogen (secondary N) is 1. The van der Waals surface area contributed by atoms with Crippen LogP contribution in [0, 0.1) is 10.8 Å². The van der Waals surface area contributed by atoms with Gasteiger partial charge in [0, 0.05) is 24.5 Å². The van der Waals surface area contributed by atoms with Crippen LogP contribution in [0.1, 0.15) is 27.7 Å². The highest BCUT2D eigenvalue weighted by Gasteiger charge is 2.21. The van der Waals surface area contributed by atoms with Gasteiger partial charge in [0.1, 0.15) is 0 Å². The molecule has 0 aliphatic rings. The molecular weight excluding hydrogens is 190 g/mol. The minimum atomic E-state index is 0.102. The van der Waals surface area contributed by atoms with Crippen LogP contribution in [0.2, 0.25) is 0 Å². The summed E-state index contributed by atoms with van der Waals surface area (Å²) in [5.74, 6) is 0. The highest BCUT2D eigenvalue weighted by molar-refractivity contribution is 4.72. The van der Waals surface area contributed by atoms with Crippen molar-refractivity contribution in [2.75, 3.05) is 40.5 Å². The van der Waals surface area contributed by atoms with Crippen LogP contribution in [0.25, 0.3) is 0 Å². The van der Waals surface area contributed by atoms with Crippen LogP contribution >= 0.6 is 0 Å². The zero-order chi connectivity index (χ0) is 11.9. The number of methoxy groups -OCH3 is 1. The van der Waals surface area contributed by atoms with Crippen molar-refractivity contribution in [1.82, 2.24) is 5.32 Å². The smallest absolute Gasteiger partial charge is 0.0539 e. The van der Waals surface area contributed by atoms with Gasteiger partial charge in [-0.15, -0.1) is 0 Å². The van der Waals surface area contributed by atoms with Crippen LogP contribution < -0.4 is 5.32 Å². The lowest BCUT2D eigenvalue weighted by Crippen LogP contribution is -2.33. The second-order valence-corrected chi connectivity index (χ2v) is 5.78. The summed E-state index contributed by atoms with van der Waals surface area (Å²) in [5, 5.41) is 3.18. The SMILES string of the molecule is CNCC(C)(C)COCC(C)(C)COC. The third kappa shape index (κ3) is 7.77. The summed E-state index contributed by atoms with van der Waals surface area (Å²) < 4.78 is 10.9. The summed E-state index contributed by atoms with van der Waals surface area (Å²) in [6.45, 7) is 11.9. The van der Waals surface area contributed by atoms with E-state index in [1.54, 1.807) is 7.11 Å². The minimum Gasteiger partial charge on any atom is -0.384 e. The average molecular weight is 217 g/mol. The van der Waals surface area contributed by atoms with Gasteiger partial charge in [-0.05, 0) is 7.05 Å². The molecule has 0 bridgehead atoms. The van der Waals surface area contributed by atoms with Crippen molar-refractivity contribution in [1.29, 1.82) is 0 Å². The van der Waals surface area contributed by atoms with E-state index in [9.17, 15) is 0 Å². The molecule has 0 radical (unpaired) electrons. The lowest BCUT2D eigenvalue weighted by molar-refractivity contribution is -0.0142.